The molecular formula is C26H37N7O5. The summed E-state index contributed by atoms with van der Waals surface area (Å²) in [5.74, 6) is -3.62. The van der Waals surface area contributed by atoms with Crippen LogP contribution in [0.4, 0.5) is 6.01 Å². The van der Waals surface area contributed by atoms with Gasteiger partial charge in [0.2, 0.25) is 29.5 Å². The van der Waals surface area contributed by atoms with E-state index in [0.29, 0.717) is 18.9 Å². The average Bonchev–Trinajstić information content (AvgIpc) is 3.63. The van der Waals surface area contributed by atoms with Crippen LogP contribution >= 0.6 is 0 Å². The molecule has 3 heterocycles. The Morgan fingerprint density at radius 2 is 1.95 bits per heavy atom. The van der Waals surface area contributed by atoms with E-state index in [-0.39, 0.29) is 48.6 Å². The van der Waals surface area contributed by atoms with Gasteiger partial charge in [-0.15, -0.1) is 5.10 Å². The van der Waals surface area contributed by atoms with Gasteiger partial charge in [-0.05, 0) is 42.4 Å². The molecule has 1 aromatic rings. The zero-order chi connectivity index (χ0) is 27.6. The monoisotopic (exact) mass is 527 g/mol. The van der Waals surface area contributed by atoms with Crippen LogP contribution in [-0.4, -0.2) is 63.4 Å². The molecule has 4 aliphatic rings. The minimum atomic E-state index is -1.67. The smallest absolute Gasteiger partial charge is 0.316 e. The molecule has 206 valence electrons. The third-order valence-corrected chi connectivity index (χ3v) is 9.10. The van der Waals surface area contributed by atoms with E-state index in [9.17, 15) is 19.2 Å². The van der Waals surface area contributed by atoms with Crippen LogP contribution in [-0.2, 0) is 19.2 Å². The second-order valence-electron chi connectivity index (χ2n) is 12.3. The Hall–Kier alpha value is -3.44. The molecule has 0 spiro atoms. The Kier molecular flexibility index (Phi) is 6.26. The molecule has 4 amide bonds. The Morgan fingerprint density at radius 3 is 2.50 bits per heavy atom. The van der Waals surface area contributed by atoms with Crippen molar-refractivity contribution < 1.29 is 23.6 Å². The van der Waals surface area contributed by atoms with Gasteiger partial charge in [0, 0.05) is 31.8 Å². The minimum Gasteiger partial charge on any atom is -0.408 e. The maximum absolute atomic E-state index is 14.5. The van der Waals surface area contributed by atoms with Crippen LogP contribution in [0.2, 0.25) is 0 Å². The van der Waals surface area contributed by atoms with Gasteiger partial charge in [-0.25, -0.2) is 0 Å². The summed E-state index contributed by atoms with van der Waals surface area (Å²) >= 11 is 0. The van der Waals surface area contributed by atoms with Gasteiger partial charge in [0.05, 0.1) is 5.92 Å². The van der Waals surface area contributed by atoms with Gasteiger partial charge < -0.3 is 31.4 Å². The summed E-state index contributed by atoms with van der Waals surface area (Å²) in [5, 5.41) is 13.7. The van der Waals surface area contributed by atoms with Crippen LogP contribution in [0, 0.1) is 47.8 Å². The van der Waals surface area contributed by atoms with Crippen molar-refractivity contribution in [3.8, 4) is 0 Å². The fraction of sp³-hybridized carbons (Fsp3) is 0.692. The number of rotatable bonds is 8. The number of allylic oxidation sites excluding steroid dienone is 2. The van der Waals surface area contributed by atoms with Crippen LogP contribution in [0.1, 0.15) is 45.9 Å². The zero-order valence-corrected chi connectivity index (χ0v) is 22.3. The van der Waals surface area contributed by atoms with E-state index in [2.05, 4.69) is 33.0 Å². The van der Waals surface area contributed by atoms with Gasteiger partial charge in [0.25, 0.3) is 0 Å². The molecular weight excluding hydrogens is 490 g/mol. The molecule has 0 aromatic carbocycles. The van der Waals surface area contributed by atoms with Crippen LogP contribution in [0.15, 0.2) is 16.6 Å². The largest absolute Gasteiger partial charge is 0.408 e. The van der Waals surface area contributed by atoms with Gasteiger partial charge in [0.15, 0.2) is 0 Å². The third-order valence-electron chi connectivity index (χ3n) is 9.10. The first-order valence-electron chi connectivity index (χ1n) is 13.3. The highest BCUT2D eigenvalue weighted by Gasteiger charge is 2.70. The fourth-order valence-electron chi connectivity index (χ4n) is 7.48. The lowest BCUT2D eigenvalue weighted by molar-refractivity contribution is -0.156. The summed E-state index contributed by atoms with van der Waals surface area (Å²) in [6.45, 7) is 8.04. The number of nitrogens with one attached hydrogen (secondary N) is 2. The number of amides is 4. The second kappa shape index (κ2) is 9.09. The van der Waals surface area contributed by atoms with Gasteiger partial charge in [0.1, 0.15) is 11.6 Å². The van der Waals surface area contributed by atoms with Crippen LogP contribution < -0.4 is 22.1 Å². The first kappa shape index (κ1) is 26.2. The number of nitrogens with two attached hydrogens (primary N) is 2. The van der Waals surface area contributed by atoms with E-state index in [1.165, 1.54) is 4.90 Å². The lowest BCUT2D eigenvalue weighted by Gasteiger charge is -2.47. The topological polar surface area (TPSA) is 187 Å². The summed E-state index contributed by atoms with van der Waals surface area (Å²) in [6, 6.07) is -0.801. The Labute approximate surface area is 221 Å². The van der Waals surface area contributed by atoms with Crippen molar-refractivity contribution in [2.75, 3.05) is 18.4 Å². The number of carbonyl (C=O) groups excluding carboxylic acids is 4. The summed E-state index contributed by atoms with van der Waals surface area (Å²) in [7, 11) is 0. The summed E-state index contributed by atoms with van der Waals surface area (Å²) in [6.07, 6.45) is 5.61. The molecule has 5 rings (SSSR count). The number of fused-ring (bicyclic) bond motifs is 5. The number of likely N-dealkylation sites (tertiary alicyclic amines) is 1. The quantitative estimate of drug-likeness (QED) is 0.348. The van der Waals surface area contributed by atoms with Crippen molar-refractivity contribution in [3.63, 3.8) is 0 Å². The van der Waals surface area contributed by atoms with Crippen molar-refractivity contribution >= 4 is 29.6 Å². The Balaban J connectivity index is 1.61. The summed E-state index contributed by atoms with van der Waals surface area (Å²) in [4.78, 5) is 55.5. The average molecular weight is 528 g/mol. The van der Waals surface area contributed by atoms with E-state index in [0.717, 1.165) is 6.42 Å². The van der Waals surface area contributed by atoms with Gasteiger partial charge in [-0.1, -0.05) is 38.0 Å². The van der Waals surface area contributed by atoms with Crippen LogP contribution in [0.25, 0.3) is 0 Å². The molecule has 1 aromatic heterocycles. The molecule has 2 bridgehead atoms. The Bertz CT molecular complexity index is 1190. The normalized spacial score (nSPS) is 33.2. The predicted octanol–water partition coefficient (Wildman–Crippen LogP) is 0.337. The maximum Gasteiger partial charge on any atom is 0.316 e. The van der Waals surface area contributed by atoms with Crippen molar-refractivity contribution in [1.29, 1.82) is 0 Å². The maximum atomic E-state index is 14.5. The van der Waals surface area contributed by atoms with Crippen LogP contribution in [0.5, 0.6) is 0 Å². The Morgan fingerprint density at radius 1 is 1.24 bits per heavy atom. The summed E-state index contributed by atoms with van der Waals surface area (Å²) < 4.78 is 5.50. The number of aromatic nitrogens is 2. The molecule has 8 atom stereocenters. The molecule has 12 nitrogen and oxygen atoms in total. The van der Waals surface area contributed by atoms with Gasteiger partial charge in [-0.3, -0.25) is 19.2 Å². The predicted molar refractivity (Wildman–Crippen MR) is 136 cm³/mol. The number of nitrogens with zero attached hydrogens (tertiary/aromatic N) is 3. The van der Waals surface area contributed by atoms with Crippen molar-refractivity contribution in [2.45, 2.75) is 58.5 Å². The number of aryl methyl sites for hydroxylation is 1. The van der Waals surface area contributed by atoms with Gasteiger partial charge >= 0.3 is 6.01 Å². The molecule has 12 heteroatoms. The third kappa shape index (κ3) is 3.95. The summed E-state index contributed by atoms with van der Waals surface area (Å²) in [5.41, 5.74) is 9.93. The second-order valence-corrected chi connectivity index (χ2v) is 12.3. The van der Waals surface area contributed by atoms with Gasteiger partial charge in [-0.2, -0.15) is 0 Å². The highest BCUT2D eigenvalue weighted by molar-refractivity contribution is 5.99. The SMILES string of the molecule is Cc1nnc(N[C@H](C(=O)N2CC3C4C=CC(C4)C3C2(C(N)=O)[C@H](C[C@H]2CCNC2=O)C(N)=O)C(C)(C)C)o1. The number of hydrogen-bond donors (Lipinski definition) is 4. The number of primary amides is 2. The number of anilines is 1. The molecule has 1 saturated carbocycles. The first-order chi connectivity index (χ1) is 17.9. The molecule has 5 unspecified atom stereocenters. The fourth-order valence-corrected chi connectivity index (χ4v) is 7.48. The van der Waals surface area contributed by atoms with E-state index < -0.39 is 46.6 Å². The molecule has 2 aliphatic heterocycles. The number of hydrogen-bond acceptors (Lipinski definition) is 8. The molecule has 0 radical (unpaired) electrons. The van der Waals surface area contributed by atoms with Crippen molar-refractivity contribution in [1.82, 2.24) is 20.4 Å². The molecule has 3 fully saturated rings. The van der Waals surface area contributed by atoms with E-state index in [4.69, 9.17) is 15.9 Å². The number of carbonyl (C=O) groups is 4. The lowest BCUT2D eigenvalue weighted by atomic mass is 9.64. The molecule has 38 heavy (non-hydrogen) atoms. The standard InChI is InChI=1S/C26H37N7O5/c1-12-31-32-24(38-12)30-19(25(2,3)4)22(36)33-11-16-13-5-6-14(9-13)18(16)26(33,23(28)37)17(20(27)34)10-15-7-8-29-21(15)35/h5-6,13-19H,7-11H2,1-4H3,(H2,27,34)(H2,28,37)(H,29,35)(H,30,32)/t13?,14?,15-,16?,17-,18?,19-,26?/m1/s1. The minimum absolute atomic E-state index is 0.0193. The lowest BCUT2D eigenvalue weighted by Crippen LogP contribution is -2.69. The molecule has 2 saturated heterocycles. The first-order valence-corrected chi connectivity index (χ1v) is 13.3. The molecule has 6 N–H and O–H groups in total. The highest BCUT2D eigenvalue weighted by atomic mass is 16.4. The van der Waals surface area contributed by atoms with E-state index in [1.54, 1.807) is 6.92 Å². The van der Waals surface area contributed by atoms with Crippen LogP contribution in [0.3, 0.4) is 0 Å². The van der Waals surface area contributed by atoms with Crippen molar-refractivity contribution in [2.24, 2.45) is 52.4 Å². The molecule has 2 aliphatic carbocycles. The highest BCUT2D eigenvalue weighted by Crippen LogP contribution is 2.61. The van der Waals surface area contributed by atoms with E-state index >= 15 is 0 Å². The van der Waals surface area contributed by atoms with E-state index in [1.807, 2.05) is 20.8 Å². The van der Waals surface area contributed by atoms with Crippen molar-refractivity contribution in [3.05, 3.63) is 18.0 Å². The zero-order valence-electron chi connectivity index (χ0n) is 22.3.